The Morgan fingerprint density at radius 1 is 1.46 bits per heavy atom. The van der Waals surface area contributed by atoms with Gasteiger partial charge in [-0.05, 0) is 37.5 Å². The molecule has 74 valence electrons. The highest BCUT2D eigenvalue weighted by Gasteiger charge is 2.37. The van der Waals surface area contributed by atoms with E-state index >= 15 is 0 Å². The Bertz CT molecular complexity index is 187. The molecule has 0 aliphatic heterocycles. The minimum Gasteiger partial charge on any atom is -0.303 e. The van der Waals surface area contributed by atoms with Crippen molar-refractivity contribution in [2.75, 3.05) is 0 Å². The zero-order valence-electron chi connectivity index (χ0n) is 8.75. The van der Waals surface area contributed by atoms with Crippen molar-refractivity contribution in [2.24, 2.45) is 17.3 Å². The van der Waals surface area contributed by atoms with Crippen molar-refractivity contribution in [1.82, 2.24) is 0 Å². The first kappa shape index (κ1) is 10.5. The van der Waals surface area contributed by atoms with Crippen LogP contribution in [0.5, 0.6) is 0 Å². The van der Waals surface area contributed by atoms with E-state index in [1.54, 1.807) is 0 Å². The highest BCUT2D eigenvalue weighted by atomic mass is 16.1. The first-order valence-electron chi connectivity index (χ1n) is 5.23. The van der Waals surface area contributed by atoms with Crippen LogP contribution >= 0.6 is 0 Å². The fourth-order valence-corrected chi connectivity index (χ4v) is 2.21. The molecule has 1 rings (SSSR count). The molecule has 0 aromatic heterocycles. The molecule has 0 N–H and O–H groups in total. The Morgan fingerprint density at radius 3 is 2.38 bits per heavy atom. The van der Waals surface area contributed by atoms with Crippen molar-refractivity contribution < 1.29 is 4.79 Å². The van der Waals surface area contributed by atoms with Crippen LogP contribution in [-0.4, -0.2) is 6.29 Å². The summed E-state index contributed by atoms with van der Waals surface area (Å²) in [5, 5.41) is 0. The molecule has 1 saturated carbocycles. The molecule has 0 amide bonds. The minimum atomic E-state index is -0.0890. The van der Waals surface area contributed by atoms with E-state index in [-0.39, 0.29) is 5.41 Å². The smallest absolute Gasteiger partial charge is 0.126 e. The monoisotopic (exact) mass is 180 g/mol. The summed E-state index contributed by atoms with van der Waals surface area (Å²) < 4.78 is 0. The average molecular weight is 180 g/mol. The summed E-state index contributed by atoms with van der Waals surface area (Å²) in [6, 6.07) is 0. The highest BCUT2D eigenvalue weighted by Crippen LogP contribution is 2.43. The van der Waals surface area contributed by atoms with Gasteiger partial charge < -0.3 is 4.79 Å². The van der Waals surface area contributed by atoms with Gasteiger partial charge in [0.25, 0.3) is 0 Å². The number of aldehydes is 1. The minimum absolute atomic E-state index is 0.0890. The van der Waals surface area contributed by atoms with Gasteiger partial charge in [-0.15, -0.1) is 6.58 Å². The molecule has 0 saturated heterocycles. The summed E-state index contributed by atoms with van der Waals surface area (Å²) >= 11 is 0. The number of carbonyl (C=O) groups excluding carboxylic acids is 1. The fourth-order valence-electron chi connectivity index (χ4n) is 2.21. The molecular weight excluding hydrogens is 160 g/mol. The molecule has 1 heteroatoms. The van der Waals surface area contributed by atoms with Gasteiger partial charge in [-0.2, -0.15) is 0 Å². The molecule has 0 spiro atoms. The maximum absolute atomic E-state index is 11.1. The molecule has 0 bridgehead atoms. The summed E-state index contributed by atoms with van der Waals surface area (Å²) in [5.74, 6) is 1.13. The Hall–Kier alpha value is -0.590. The third-order valence-electron chi connectivity index (χ3n) is 3.70. The first-order valence-corrected chi connectivity index (χ1v) is 5.23. The Morgan fingerprint density at radius 2 is 2.00 bits per heavy atom. The van der Waals surface area contributed by atoms with Gasteiger partial charge in [-0.25, -0.2) is 0 Å². The maximum Gasteiger partial charge on any atom is 0.126 e. The van der Waals surface area contributed by atoms with Crippen LogP contribution in [0, 0.1) is 17.3 Å². The zero-order valence-corrected chi connectivity index (χ0v) is 8.75. The third kappa shape index (κ3) is 2.01. The second-order valence-corrected chi connectivity index (χ2v) is 4.56. The lowest BCUT2D eigenvalue weighted by atomic mass is 9.65. The van der Waals surface area contributed by atoms with Crippen molar-refractivity contribution >= 4 is 6.29 Å². The zero-order chi connectivity index (χ0) is 9.90. The van der Waals surface area contributed by atoms with Gasteiger partial charge in [0.2, 0.25) is 0 Å². The molecule has 0 radical (unpaired) electrons. The van der Waals surface area contributed by atoms with Gasteiger partial charge in [0.1, 0.15) is 6.29 Å². The number of hydrogen-bond acceptors (Lipinski definition) is 1. The fraction of sp³-hybridized carbons (Fsp3) is 0.750. The van der Waals surface area contributed by atoms with Crippen molar-refractivity contribution in [3.8, 4) is 0 Å². The van der Waals surface area contributed by atoms with Crippen molar-refractivity contribution in [3.05, 3.63) is 12.7 Å². The number of rotatable bonds is 3. The van der Waals surface area contributed by atoms with Gasteiger partial charge >= 0.3 is 0 Å². The summed E-state index contributed by atoms with van der Waals surface area (Å²) in [4.78, 5) is 11.1. The lowest BCUT2D eigenvalue weighted by Crippen LogP contribution is -2.33. The van der Waals surface area contributed by atoms with Gasteiger partial charge in [-0.1, -0.05) is 19.9 Å². The second kappa shape index (κ2) is 4.08. The van der Waals surface area contributed by atoms with Gasteiger partial charge in [-0.3, -0.25) is 0 Å². The average Bonchev–Trinajstić information content (AvgIpc) is 2.18. The Kier molecular flexibility index (Phi) is 3.29. The quantitative estimate of drug-likeness (QED) is 0.481. The lowest BCUT2D eigenvalue weighted by Gasteiger charge is -2.38. The normalized spacial score (nSPS) is 36.6. The number of allylic oxidation sites excluding steroid dienone is 1. The van der Waals surface area contributed by atoms with Crippen LogP contribution in [0.2, 0.25) is 0 Å². The Balaban J connectivity index is 2.70. The lowest BCUT2D eigenvalue weighted by molar-refractivity contribution is -0.120. The van der Waals surface area contributed by atoms with Crippen LogP contribution in [0.25, 0.3) is 0 Å². The van der Waals surface area contributed by atoms with E-state index in [0.29, 0.717) is 5.92 Å². The summed E-state index contributed by atoms with van der Waals surface area (Å²) in [6.45, 7) is 8.17. The molecule has 1 aliphatic rings. The SMILES string of the molecule is C=CC(C)C1(C=O)CCC(C)CC1. The molecule has 0 aromatic rings. The summed E-state index contributed by atoms with van der Waals surface area (Å²) in [6.07, 6.45) is 7.57. The third-order valence-corrected chi connectivity index (χ3v) is 3.70. The van der Waals surface area contributed by atoms with Crippen molar-refractivity contribution in [2.45, 2.75) is 39.5 Å². The van der Waals surface area contributed by atoms with E-state index in [9.17, 15) is 4.79 Å². The molecular formula is C12H20O. The van der Waals surface area contributed by atoms with Crippen LogP contribution in [0.3, 0.4) is 0 Å². The summed E-state index contributed by atoms with van der Waals surface area (Å²) in [7, 11) is 0. The van der Waals surface area contributed by atoms with Crippen LogP contribution in [0.4, 0.5) is 0 Å². The topological polar surface area (TPSA) is 17.1 Å². The summed E-state index contributed by atoms with van der Waals surface area (Å²) in [5.41, 5.74) is -0.0890. The highest BCUT2D eigenvalue weighted by molar-refractivity contribution is 5.60. The van der Waals surface area contributed by atoms with Crippen LogP contribution < -0.4 is 0 Å². The van der Waals surface area contributed by atoms with E-state index < -0.39 is 0 Å². The van der Waals surface area contributed by atoms with Gasteiger partial charge in [0.15, 0.2) is 0 Å². The van der Waals surface area contributed by atoms with Gasteiger partial charge in [0.05, 0.1) is 0 Å². The van der Waals surface area contributed by atoms with E-state index in [1.165, 1.54) is 19.1 Å². The van der Waals surface area contributed by atoms with E-state index in [1.807, 2.05) is 6.08 Å². The van der Waals surface area contributed by atoms with Crippen LogP contribution in [-0.2, 0) is 4.79 Å². The van der Waals surface area contributed by atoms with Crippen LogP contribution in [0.15, 0.2) is 12.7 Å². The van der Waals surface area contributed by atoms with Gasteiger partial charge in [0, 0.05) is 5.41 Å². The standard InChI is InChI=1S/C12H20O/c1-4-11(3)12(9-13)7-5-10(2)6-8-12/h4,9-11H,1,5-8H2,2-3H3. The maximum atomic E-state index is 11.1. The predicted octanol–water partition coefficient (Wildman–Crippen LogP) is 3.20. The van der Waals surface area contributed by atoms with E-state index in [4.69, 9.17) is 0 Å². The number of hydrogen-bond donors (Lipinski definition) is 0. The predicted molar refractivity (Wildman–Crippen MR) is 55.5 cm³/mol. The van der Waals surface area contributed by atoms with E-state index in [2.05, 4.69) is 20.4 Å². The van der Waals surface area contributed by atoms with Crippen molar-refractivity contribution in [3.63, 3.8) is 0 Å². The van der Waals surface area contributed by atoms with Crippen LogP contribution in [0.1, 0.15) is 39.5 Å². The molecule has 0 heterocycles. The molecule has 13 heavy (non-hydrogen) atoms. The largest absolute Gasteiger partial charge is 0.303 e. The Labute approximate surface area is 81.2 Å². The van der Waals surface area contributed by atoms with Crippen molar-refractivity contribution in [1.29, 1.82) is 0 Å². The number of carbonyl (C=O) groups is 1. The molecule has 1 fully saturated rings. The molecule has 1 nitrogen and oxygen atoms in total. The molecule has 1 aliphatic carbocycles. The second-order valence-electron chi connectivity index (χ2n) is 4.56. The molecule has 0 aromatic carbocycles. The molecule has 1 unspecified atom stereocenters. The van der Waals surface area contributed by atoms with E-state index in [0.717, 1.165) is 18.8 Å². The molecule has 1 atom stereocenters. The first-order chi connectivity index (χ1) is 6.14.